The molecule has 1 unspecified atom stereocenters. The van der Waals surface area contributed by atoms with Gasteiger partial charge in [0.15, 0.2) is 0 Å². The zero-order valence-electron chi connectivity index (χ0n) is 13.5. The van der Waals surface area contributed by atoms with Crippen molar-refractivity contribution in [1.29, 1.82) is 0 Å². The number of carbonyl (C=O) groups excluding carboxylic acids is 1. The van der Waals surface area contributed by atoms with Gasteiger partial charge in [-0.3, -0.25) is 4.79 Å². The summed E-state index contributed by atoms with van der Waals surface area (Å²) in [6.45, 7) is 4.33. The summed E-state index contributed by atoms with van der Waals surface area (Å²) in [6, 6.07) is -0.0777. The summed E-state index contributed by atoms with van der Waals surface area (Å²) in [5, 5.41) is 2.92. The smallest absolute Gasteiger partial charge is 0.220 e. The van der Waals surface area contributed by atoms with E-state index in [1.54, 1.807) is 0 Å². The van der Waals surface area contributed by atoms with Crippen molar-refractivity contribution in [3.8, 4) is 12.3 Å². The maximum absolute atomic E-state index is 11.7. The predicted octanol–water partition coefficient (Wildman–Crippen LogP) is 4.83. The van der Waals surface area contributed by atoms with Crippen LogP contribution in [0, 0.1) is 12.3 Å². The molecule has 20 heavy (non-hydrogen) atoms. The number of nitrogens with one attached hydrogen (secondary N) is 1. The number of amides is 1. The normalized spacial score (nSPS) is 11.8. The van der Waals surface area contributed by atoms with E-state index in [0.717, 1.165) is 25.7 Å². The molecule has 0 saturated carbocycles. The van der Waals surface area contributed by atoms with E-state index in [9.17, 15) is 4.79 Å². The van der Waals surface area contributed by atoms with Crippen LogP contribution in [0.25, 0.3) is 0 Å². The summed E-state index contributed by atoms with van der Waals surface area (Å²) in [5.41, 5.74) is 0. The number of carbonyl (C=O) groups is 1. The summed E-state index contributed by atoms with van der Waals surface area (Å²) in [4.78, 5) is 11.7. The van der Waals surface area contributed by atoms with Crippen molar-refractivity contribution in [2.75, 3.05) is 0 Å². The molecule has 2 heteroatoms. The Hall–Kier alpha value is -0.970. The lowest BCUT2D eigenvalue weighted by molar-refractivity contribution is -0.121. The second-order valence-corrected chi connectivity index (χ2v) is 5.65. The van der Waals surface area contributed by atoms with Crippen molar-refractivity contribution in [3.05, 3.63) is 0 Å². The molecule has 0 bridgehead atoms. The highest BCUT2D eigenvalue weighted by Gasteiger charge is 2.07. The van der Waals surface area contributed by atoms with Gasteiger partial charge in [0.05, 0.1) is 6.04 Å². The molecular weight excluding hydrogens is 246 g/mol. The highest BCUT2D eigenvalue weighted by atomic mass is 16.1. The Morgan fingerprint density at radius 3 is 2.00 bits per heavy atom. The lowest BCUT2D eigenvalue weighted by Gasteiger charge is -2.11. The Kier molecular flexibility index (Phi) is 13.7. The van der Waals surface area contributed by atoms with E-state index in [0.29, 0.717) is 6.42 Å². The number of rotatable bonds is 13. The number of terminal acetylenes is 1. The fraction of sp³-hybridized carbons (Fsp3) is 0.833. The molecule has 1 atom stereocenters. The van der Waals surface area contributed by atoms with Gasteiger partial charge in [0.25, 0.3) is 0 Å². The van der Waals surface area contributed by atoms with Crippen LogP contribution in [-0.4, -0.2) is 11.9 Å². The van der Waals surface area contributed by atoms with E-state index >= 15 is 0 Å². The van der Waals surface area contributed by atoms with Crippen molar-refractivity contribution in [1.82, 2.24) is 5.32 Å². The van der Waals surface area contributed by atoms with Crippen LogP contribution in [0.4, 0.5) is 0 Å². The number of hydrogen-bond donors (Lipinski definition) is 1. The average molecular weight is 279 g/mol. The van der Waals surface area contributed by atoms with Crippen LogP contribution in [0.1, 0.15) is 90.9 Å². The van der Waals surface area contributed by atoms with Crippen LogP contribution in [-0.2, 0) is 4.79 Å². The molecule has 0 aromatic heterocycles. The first-order valence-corrected chi connectivity index (χ1v) is 8.50. The van der Waals surface area contributed by atoms with Crippen LogP contribution in [0.2, 0.25) is 0 Å². The van der Waals surface area contributed by atoms with Crippen LogP contribution in [0.5, 0.6) is 0 Å². The quantitative estimate of drug-likeness (QED) is 0.380. The molecule has 0 aliphatic rings. The molecule has 0 radical (unpaired) electrons. The molecule has 0 heterocycles. The Labute approximate surface area is 126 Å². The van der Waals surface area contributed by atoms with E-state index in [-0.39, 0.29) is 11.9 Å². The lowest BCUT2D eigenvalue weighted by Crippen LogP contribution is -2.33. The van der Waals surface area contributed by atoms with Crippen LogP contribution in [0.15, 0.2) is 0 Å². The topological polar surface area (TPSA) is 29.1 Å². The molecule has 0 saturated heterocycles. The SMILES string of the molecule is C#CC(CCC)NC(=O)CCCCCCCCCCC. The lowest BCUT2D eigenvalue weighted by atomic mass is 10.1. The average Bonchev–Trinajstić information content (AvgIpc) is 2.45. The molecule has 0 aliphatic carbocycles. The minimum Gasteiger partial charge on any atom is -0.342 e. The van der Waals surface area contributed by atoms with E-state index < -0.39 is 0 Å². The Morgan fingerprint density at radius 2 is 1.50 bits per heavy atom. The van der Waals surface area contributed by atoms with Gasteiger partial charge in [-0.25, -0.2) is 0 Å². The Balaban J connectivity index is 3.37. The van der Waals surface area contributed by atoms with Crippen molar-refractivity contribution in [2.45, 2.75) is 96.9 Å². The van der Waals surface area contributed by atoms with Gasteiger partial charge in [-0.1, -0.05) is 77.6 Å². The van der Waals surface area contributed by atoms with Crippen LogP contribution >= 0.6 is 0 Å². The van der Waals surface area contributed by atoms with Gasteiger partial charge >= 0.3 is 0 Å². The molecular formula is C18H33NO. The second kappa shape index (κ2) is 14.4. The van der Waals surface area contributed by atoms with Gasteiger partial charge < -0.3 is 5.32 Å². The third-order valence-electron chi connectivity index (χ3n) is 3.62. The summed E-state index contributed by atoms with van der Waals surface area (Å²) in [5.74, 6) is 2.75. The first kappa shape index (κ1) is 19.0. The molecule has 0 aromatic rings. The fourth-order valence-electron chi connectivity index (χ4n) is 2.35. The van der Waals surface area contributed by atoms with Gasteiger partial charge in [-0.05, 0) is 12.8 Å². The van der Waals surface area contributed by atoms with E-state index in [4.69, 9.17) is 6.42 Å². The predicted molar refractivity (Wildman–Crippen MR) is 87.5 cm³/mol. The summed E-state index contributed by atoms with van der Waals surface area (Å²) in [6.07, 6.45) is 19.4. The number of unbranched alkanes of at least 4 members (excludes halogenated alkanes) is 8. The number of hydrogen-bond acceptors (Lipinski definition) is 1. The molecule has 116 valence electrons. The first-order valence-electron chi connectivity index (χ1n) is 8.50. The van der Waals surface area contributed by atoms with Gasteiger partial charge in [-0.15, -0.1) is 6.42 Å². The summed E-state index contributed by atoms with van der Waals surface area (Å²) < 4.78 is 0. The second-order valence-electron chi connectivity index (χ2n) is 5.65. The zero-order valence-corrected chi connectivity index (χ0v) is 13.5. The van der Waals surface area contributed by atoms with E-state index in [1.807, 2.05) is 0 Å². The van der Waals surface area contributed by atoms with Gasteiger partial charge in [-0.2, -0.15) is 0 Å². The zero-order chi connectivity index (χ0) is 15.1. The van der Waals surface area contributed by atoms with E-state index in [2.05, 4.69) is 25.1 Å². The Morgan fingerprint density at radius 1 is 0.950 bits per heavy atom. The van der Waals surface area contributed by atoms with E-state index in [1.165, 1.54) is 44.9 Å². The summed E-state index contributed by atoms with van der Waals surface area (Å²) in [7, 11) is 0. The molecule has 0 aliphatic heterocycles. The molecule has 0 rings (SSSR count). The highest BCUT2D eigenvalue weighted by Crippen LogP contribution is 2.10. The van der Waals surface area contributed by atoms with Gasteiger partial charge in [0.2, 0.25) is 5.91 Å². The third kappa shape index (κ3) is 12.1. The van der Waals surface area contributed by atoms with Crippen molar-refractivity contribution in [3.63, 3.8) is 0 Å². The minimum absolute atomic E-state index is 0.0777. The van der Waals surface area contributed by atoms with Crippen LogP contribution in [0.3, 0.4) is 0 Å². The fourth-order valence-corrected chi connectivity index (χ4v) is 2.35. The van der Waals surface area contributed by atoms with Crippen LogP contribution < -0.4 is 5.32 Å². The monoisotopic (exact) mass is 279 g/mol. The van der Waals surface area contributed by atoms with Gasteiger partial charge in [0.1, 0.15) is 0 Å². The standard InChI is InChI=1S/C18H33NO/c1-4-7-8-9-10-11-12-13-14-16-18(20)19-17(6-3)15-5-2/h3,17H,4-5,7-16H2,1-2H3,(H,19,20). The molecule has 0 spiro atoms. The van der Waals surface area contributed by atoms with Crippen molar-refractivity contribution in [2.24, 2.45) is 0 Å². The molecule has 1 amide bonds. The highest BCUT2D eigenvalue weighted by molar-refractivity contribution is 5.76. The maximum atomic E-state index is 11.7. The van der Waals surface area contributed by atoms with Crippen molar-refractivity contribution >= 4 is 5.91 Å². The van der Waals surface area contributed by atoms with Crippen molar-refractivity contribution < 1.29 is 4.79 Å². The Bertz CT molecular complexity index is 267. The molecule has 2 nitrogen and oxygen atoms in total. The molecule has 1 N–H and O–H groups in total. The maximum Gasteiger partial charge on any atom is 0.220 e. The molecule has 0 fully saturated rings. The molecule has 0 aromatic carbocycles. The third-order valence-corrected chi connectivity index (χ3v) is 3.62. The summed E-state index contributed by atoms with van der Waals surface area (Å²) >= 11 is 0. The largest absolute Gasteiger partial charge is 0.342 e. The minimum atomic E-state index is -0.0777. The first-order chi connectivity index (χ1) is 9.74. The van der Waals surface area contributed by atoms with Gasteiger partial charge in [0, 0.05) is 6.42 Å².